The molecule has 156 valence electrons. The molecule has 0 aromatic heterocycles. The first-order valence-electron chi connectivity index (χ1n) is 9.13. The first-order chi connectivity index (χ1) is 14.4. The highest BCUT2D eigenvalue weighted by Crippen LogP contribution is 2.39. The topological polar surface area (TPSA) is 55.8 Å². The number of thioether (sulfide) groups is 1. The molecule has 0 aliphatic carbocycles. The first kappa shape index (κ1) is 21.9. The molecule has 0 N–H and O–H groups in total. The van der Waals surface area contributed by atoms with Crippen molar-refractivity contribution in [2.45, 2.75) is 13.5 Å². The minimum absolute atomic E-state index is 0.0216. The van der Waals surface area contributed by atoms with Crippen LogP contribution >= 0.6 is 23.4 Å². The summed E-state index contributed by atoms with van der Waals surface area (Å²) >= 11 is 7.24. The highest BCUT2D eigenvalue weighted by Gasteiger charge is 2.34. The van der Waals surface area contributed by atoms with Gasteiger partial charge in [0, 0.05) is 12.1 Å². The number of carbonyl (C=O) groups is 2. The standard InChI is InChI=1S/C22H19ClFNO4S/c1-3-9-25-21(26)19(30-22(25)27)12-14-10-16(23)20(18(11-14)28-4-2)29-13-15-7-5-6-8-17(15)24/h3,5-8,10-12H,1,4,9,13H2,2H3/b19-12+. The molecule has 0 unspecified atom stereocenters. The third-order valence-corrected chi connectivity index (χ3v) is 5.33. The summed E-state index contributed by atoms with van der Waals surface area (Å²) in [5.74, 6) is -0.131. The van der Waals surface area contributed by atoms with Gasteiger partial charge in [-0.25, -0.2) is 4.39 Å². The van der Waals surface area contributed by atoms with E-state index in [1.54, 1.807) is 36.4 Å². The number of ether oxygens (including phenoxy) is 2. The van der Waals surface area contributed by atoms with E-state index < -0.39 is 0 Å². The van der Waals surface area contributed by atoms with Crippen molar-refractivity contribution in [1.29, 1.82) is 0 Å². The molecule has 2 amide bonds. The van der Waals surface area contributed by atoms with Crippen molar-refractivity contribution in [3.63, 3.8) is 0 Å². The lowest BCUT2D eigenvalue weighted by Crippen LogP contribution is -2.27. The van der Waals surface area contributed by atoms with Gasteiger partial charge in [-0.1, -0.05) is 35.9 Å². The molecule has 0 radical (unpaired) electrons. The molecule has 1 aliphatic heterocycles. The molecule has 2 aromatic carbocycles. The van der Waals surface area contributed by atoms with Crippen LogP contribution in [0, 0.1) is 5.82 Å². The number of hydrogen-bond donors (Lipinski definition) is 0. The lowest BCUT2D eigenvalue weighted by Gasteiger charge is -2.15. The van der Waals surface area contributed by atoms with Crippen LogP contribution in [0.3, 0.4) is 0 Å². The monoisotopic (exact) mass is 447 g/mol. The van der Waals surface area contributed by atoms with Crippen molar-refractivity contribution >= 4 is 40.6 Å². The smallest absolute Gasteiger partial charge is 0.293 e. The maximum atomic E-state index is 13.9. The van der Waals surface area contributed by atoms with Crippen LogP contribution in [-0.2, 0) is 11.4 Å². The van der Waals surface area contributed by atoms with Gasteiger partial charge in [0.2, 0.25) is 0 Å². The van der Waals surface area contributed by atoms with Crippen molar-refractivity contribution in [3.8, 4) is 11.5 Å². The highest BCUT2D eigenvalue weighted by molar-refractivity contribution is 8.18. The Morgan fingerprint density at radius 3 is 2.70 bits per heavy atom. The van der Waals surface area contributed by atoms with E-state index in [0.717, 1.165) is 16.7 Å². The minimum atomic E-state index is -0.390. The SMILES string of the molecule is C=CCN1C(=O)S/C(=C/c2cc(Cl)c(OCc3ccccc3F)c(OCC)c2)C1=O. The predicted molar refractivity (Wildman–Crippen MR) is 116 cm³/mol. The van der Waals surface area contributed by atoms with Crippen LogP contribution in [0.4, 0.5) is 9.18 Å². The highest BCUT2D eigenvalue weighted by atomic mass is 35.5. The second-order valence-electron chi connectivity index (χ2n) is 6.22. The Bertz CT molecular complexity index is 1020. The van der Waals surface area contributed by atoms with Gasteiger partial charge in [-0.05, 0) is 48.5 Å². The Labute approximate surface area is 183 Å². The first-order valence-corrected chi connectivity index (χ1v) is 10.3. The fourth-order valence-corrected chi connectivity index (χ4v) is 3.90. The Balaban J connectivity index is 1.88. The number of amides is 2. The molecule has 0 spiro atoms. The fraction of sp³-hybridized carbons (Fsp3) is 0.182. The van der Waals surface area contributed by atoms with E-state index >= 15 is 0 Å². The Morgan fingerprint density at radius 1 is 1.23 bits per heavy atom. The van der Waals surface area contributed by atoms with Crippen molar-refractivity contribution < 1.29 is 23.5 Å². The zero-order valence-corrected chi connectivity index (χ0v) is 17.8. The van der Waals surface area contributed by atoms with Crippen molar-refractivity contribution in [2.75, 3.05) is 13.2 Å². The van der Waals surface area contributed by atoms with Gasteiger partial charge in [0.15, 0.2) is 11.5 Å². The van der Waals surface area contributed by atoms with Gasteiger partial charge in [-0.3, -0.25) is 14.5 Å². The van der Waals surface area contributed by atoms with E-state index in [1.807, 2.05) is 6.92 Å². The van der Waals surface area contributed by atoms with Gasteiger partial charge in [-0.15, -0.1) is 6.58 Å². The average molecular weight is 448 g/mol. The third kappa shape index (κ3) is 4.86. The van der Waals surface area contributed by atoms with Crippen LogP contribution in [0.1, 0.15) is 18.1 Å². The molecule has 0 atom stereocenters. The molecular formula is C22H19ClFNO4S. The molecule has 1 aliphatic rings. The summed E-state index contributed by atoms with van der Waals surface area (Å²) in [6.07, 6.45) is 3.06. The number of halogens is 2. The molecule has 8 heteroatoms. The Kier molecular flexibility index (Phi) is 7.18. The molecule has 2 aromatic rings. The van der Waals surface area contributed by atoms with E-state index in [4.69, 9.17) is 21.1 Å². The van der Waals surface area contributed by atoms with Crippen molar-refractivity contribution in [2.24, 2.45) is 0 Å². The number of carbonyl (C=O) groups excluding carboxylic acids is 2. The van der Waals surface area contributed by atoms with Crippen LogP contribution in [0.2, 0.25) is 5.02 Å². The largest absolute Gasteiger partial charge is 0.490 e. The molecule has 1 heterocycles. The van der Waals surface area contributed by atoms with E-state index in [2.05, 4.69) is 6.58 Å². The fourth-order valence-electron chi connectivity index (χ4n) is 2.78. The van der Waals surface area contributed by atoms with Crippen molar-refractivity contribution in [3.05, 3.63) is 75.9 Å². The lowest BCUT2D eigenvalue weighted by molar-refractivity contribution is -0.122. The Morgan fingerprint density at radius 2 is 2.00 bits per heavy atom. The summed E-state index contributed by atoms with van der Waals surface area (Å²) in [5.41, 5.74) is 0.960. The summed E-state index contributed by atoms with van der Waals surface area (Å²) in [7, 11) is 0. The van der Waals surface area contributed by atoms with Gasteiger partial charge < -0.3 is 9.47 Å². The second-order valence-corrected chi connectivity index (χ2v) is 7.62. The molecule has 0 saturated carbocycles. The second kappa shape index (κ2) is 9.82. The summed E-state index contributed by atoms with van der Waals surface area (Å²) in [5, 5.41) is -0.110. The number of nitrogens with zero attached hydrogens (tertiary/aromatic N) is 1. The van der Waals surface area contributed by atoms with Crippen LogP contribution in [0.15, 0.2) is 54.0 Å². The van der Waals surface area contributed by atoms with Crippen LogP contribution in [-0.4, -0.2) is 29.2 Å². The molecule has 1 saturated heterocycles. The molecule has 1 fully saturated rings. The van der Waals surface area contributed by atoms with Crippen molar-refractivity contribution in [1.82, 2.24) is 4.90 Å². The van der Waals surface area contributed by atoms with E-state index in [1.165, 1.54) is 12.1 Å². The summed E-state index contributed by atoms with van der Waals surface area (Å²) < 4.78 is 25.2. The van der Waals surface area contributed by atoms with Crippen LogP contribution < -0.4 is 9.47 Å². The summed E-state index contributed by atoms with van der Waals surface area (Å²) in [4.78, 5) is 25.8. The lowest BCUT2D eigenvalue weighted by atomic mass is 10.1. The zero-order chi connectivity index (χ0) is 21.7. The molecule has 5 nitrogen and oxygen atoms in total. The zero-order valence-electron chi connectivity index (χ0n) is 16.2. The minimum Gasteiger partial charge on any atom is -0.490 e. The number of rotatable bonds is 8. The maximum Gasteiger partial charge on any atom is 0.293 e. The normalized spacial score (nSPS) is 15.0. The molecule has 0 bridgehead atoms. The third-order valence-electron chi connectivity index (χ3n) is 4.14. The number of hydrogen-bond acceptors (Lipinski definition) is 5. The van der Waals surface area contributed by atoms with E-state index in [9.17, 15) is 14.0 Å². The van der Waals surface area contributed by atoms with Gasteiger partial charge >= 0.3 is 0 Å². The summed E-state index contributed by atoms with van der Waals surface area (Å²) in [6.45, 7) is 5.84. The van der Waals surface area contributed by atoms with E-state index in [0.29, 0.717) is 23.5 Å². The molecule has 30 heavy (non-hydrogen) atoms. The molecular weight excluding hydrogens is 429 g/mol. The Hall–Kier alpha value is -2.77. The van der Waals surface area contributed by atoms with Gasteiger partial charge in [0.1, 0.15) is 12.4 Å². The van der Waals surface area contributed by atoms with E-state index in [-0.39, 0.29) is 45.8 Å². The average Bonchev–Trinajstić information content (AvgIpc) is 2.96. The van der Waals surface area contributed by atoms with Crippen LogP contribution in [0.25, 0.3) is 6.08 Å². The van der Waals surface area contributed by atoms with Gasteiger partial charge in [0.25, 0.3) is 11.1 Å². The quantitative estimate of drug-likeness (QED) is 0.385. The number of imide groups is 1. The van der Waals surface area contributed by atoms with Gasteiger partial charge in [-0.2, -0.15) is 0 Å². The molecule has 3 rings (SSSR count). The van der Waals surface area contributed by atoms with Crippen LogP contribution in [0.5, 0.6) is 11.5 Å². The number of benzene rings is 2. The summed E-state index contributed by atoms with van der Waals surface area (Å²) in [6, 6.07) is 9.55. The predicted octanol–water partition coefficient (Wildman–Crippen LogP) is 5.68. The maximum absolute atomic E-state index is 13.9. The van der Waals surface area contributed by atoms with Gasteiger partial charge in [0.05, 0.1) is 16.5 Å².